The van der Waals surface area contributed by atoms with Crippen LogP contribution in [0.5, 0.6) is 0 Å². The summed E-state index contributed by atoms with van der Waals surface area (Å²) in [5.41, 5.74) is 2.74. The molecule has 2 rings (SSSR count). The fraction of sp³-hybridized carbons (Fsp3) is 0.438. The summed E-state index contributed by atoms with van der Waals surface area (Å²) in [5, 5.41) is 4.48. The molecule has 1 aromatic carbocycles. The number of amides is 3. The first kappa shape index (κ1) is 17.3. The topological polar surface area (TPSA) is 84.5 Å². The number of thioether (sulfide) groups is 1. The predicted octanol–water partition coefficient (Wildman–Crippen LogP) is 1.66. The van der Waals surface area contributed by atoms with Gasteiger partial charge in [0.1, 0.15) is 0 Å². The van der Waals surface area contributed by atoms with Gasteiger partial charge in [-0.1, -0.05) is 6.07 Å². The van der Waals surface area contributed by atoms with Crippen LogP contribution in [0.2, 0.25) is 0 Å². The van der Waals surface area contributed by atoms with Gasteiger partial charge in [0, 0.05) is 11.4 Å². The van der Waals surface area contributed by atoms with Crippen LogP contribution in [0, 0.1) is 0 Å². The van der Waals surface area contributed by atoms with E-state index in [1.165, 1.54) is 29.3 Å². The number of imide groups is 1. The molecular formula is C16H20N2O4S. The van der Waals surface area contributed by atoms with E-state index in [0.717, 1.165) is 17.7 Å². The minimum absolute atomic E-state index is 0.132. The Labute approximate surface area is 139 Å². The molecule has 0 bridgehead atoms. The summed E-state index contributed by atoms with van der Waals surface area (Å²) in [6, 6.07) is 5.63. The molecule has 0 atom stereocenters. The van der Waals surface area contributed by atoms with Gasteiger partial charge in [-0.3, -0.25) is 14.9 Å². The zero-order valence-electron chi connectivity index (χ0n) is 13.0. The number of carbonyl (C=O) groups excluding carboxylic acids is 3. The zero-order chi connectivity index (χ0) is 16.7. The second kappa shape index (κ2) is 8.57. The second-order valence-electron chi connectivity index (χ2n) is 5.14. The van der Waals surface area contributed by atoms with Crippen LogP contribution < -0.4 is 10.6 Å². The Balaban J connectivity index is 1.69. The van der Waals surface area contributed by atoms with Crippen molar-refractivity contribution < 1.29 is 19.1 Å². The summed E-state index contributed by atoms with van der Waals surface area (Å²) in [5.74, 6) is -0.999. The number of rotatable bonds is 6. The lowest BCUT2D eigenvalue weighted by Gasteiger charge is -2.07. The average Bonchev–Trinajstić information content (AvgIpc) is 2.98. The predicted molar refractivity (Wildman–Crippen MR) is 87.4 cm³/mol. The van der Waals surface area contributed by atoms with E-state index in [9.17, 15) is 14.4 Å². The van der Waals surface area contributed by atoms with Gasteiger partial charge in [-0.2, -0.15) is 0 Å². The van der Waals surface area contributed by atoms with Crippen molar-refractivity contribution in [3.8, 4) is 0 Å². The molecule has 2 N–H and O–H groups in total. The van der Waals surface area contributed by atoms with E-state index in [1.54, 1.807) is 6.92 Å². The molecule has 124 valence electrons. The van der Waals surface area contributed by atoms with Crippen LogP contribution in [0.15, 0.2) is 23.1 Å². The van der Waals surface area contributed by atoms with E-state index in [-0.39, 0.29) is 5.75 Å². The average molecular weight is 336 g/mol. The molecule has 0 unspecified atom stereocenters. The molecule has 1 aromatic rings. The van der Waals surface area contributed by atoms with Gasteiger partial charge in [0.25, 0.3) is 5.91 Å². The van der Waals surface area contributed by atoms with Crippen molar-refractivity contribution in [2.24, 2.45) is 0 Å². The van der Waals surface area contributed by atoms with Crippen molar-refractivity contribution in [3.05, 3.63) is 29.3 Å². The Morgan fingerprint density at radius 1 is 1.22 bits per heavy atom. The second-order valence-corrected chi connectivity index (χ2v) is 6.19. The first-order valence-electron chi connectivity index (χ1n) is 7.56. The maximum Gasteiger partial charge on any atom is 0.321 e. The fourth-order valence-corrected chi connectivity index (χ4v) is 3.09. The summed E-state index contributed by atoms with van der Waals surface area (Å²) in [6.07, 6.45) is 3.41. The van der Waals surface area contributed by atoms with Crippen LogP contribution in [0.25, 0.3) is 0 Å². The van der Waals surface area contributed by atoms with Gasteiger partial charge in [-0.25, -0.2) is 4.79 Å². The normalized spacial score (nSPS) is 12.4. The number of ether oxygens (including phenoxy) is 1. The van der Waals surface area contributed by atoms with Gasteiger partial charge in [-0.15, -0.1) is 11.8 Å². The molecule has 0 heterocycles. The Morgan fingerprint density at radius 2 is 2.00 bits per heavy atom. The van der Waals surface area contributed by atoms with Crippen LogP contribution in [-0.4, -0.2) is 36.8 Å². The Bertz CT molecular complexity index is 604. The van der Waals surface area contributed by atoms with E-state index in [4.69, 9.17) is 4.74 Å². The molecule has 6 nitrogen and oxygen atoms in total. The first-order valence-corrected chi connectivity index (χ1v) is 8.55. The quantitative estimate of drug-likeness (QED) is 0.610. The molecule has 1 aliphatic rings. The minimum Gasteiger partial charge on any atom is -0.455 e. The number of nitrogens with one attached hydrogen (secondary N) is 2. The van der Waals surface area contributed by atoms with E-state index < -0.39 is 24.5 Å². The summed E-state index contributed by atoms with van der Waals surface area (Å²) in [6.45, 7) is 1.69. The highest BCUT2D eigenvalue weighted by Gasteiger charge is 2.13. The van der Waals surface area contributed by atoms with Gasteiger partial charge in [0.05, 0.1) is 5.75 Å². The molecule has 0 fully saturated rings. The molecule has 0 aliphatic heterocycles. The van der Waals surface area contributed by atoms with Crippen molar-refractivity contribution in [2.75, 3.05) is 18.9 Å². The monoisotopic (exact) mass is 336 g/mol. The molecule has 0 spiro atoms. The van der Waals surface area contributed by atoms with E-state index in [1.807, 2.05) is 6.07 Å². The van der Waals surface area contributed by atoms with Crippen LogP contribution >= 0.6 is 11.8 Å². The Hall–Kier alpha value is -2.02. The Morgan fingerprint density at radius 3 is 2.78 bits per heavy atom. The number of hydrogen-bond acceptors (Lipinski definition) is 5. The van der Waals surface area contributed by atoms with Crippen molar-refractivity contribution in [3.63, 3.8) is 0 Å². The third-order valence-electron chi connectivity index (χ3n) is 3.38. The lowest BCUT2D eigenvalue weighted by atomic mass is 10.1. The van der Waals surface area contributed by atoms with Crippen LogP contribution in [-0.2, 0) is 27.2 Å². The summed E-state index contributed by atoms with van der Waals surface area (Å²) >= 11 is 1.38. The molecule has 0 saturated heterocycles. The van der Waals surface area contributed by atoms with Crippen molar-refractivity contribution in [2.45, 2.75) is 31.1 Å². The van der Waals surface area contributed by atoms with Gasteiger partial charge in [0.2, 0.25) is 0 Å². The molecule has 23 heavy (non-hydrogen) atoms. The zero-order valence-corrected chi connectivity index (χ0v) is 13.8. The molecule has 3 amide bonds. The van der Waals surface area contributed by atoms with Crippen molar-refractivity contribution >= 4 is 29.7 Å². The Kier molecular flexibility index (Phi) is 6.46. The number of aryl methyl sites for hydroxylation is 2. The number of fused-ring (bicyclic) bond motifs is 1. The highest BCUT2D eigenvalue weighted by molar-refractivity contribution is 8.00. The number of hydrogen-bond donors (Lipinski definition) is 2. The van der Waals surface area contributed by atoms with E-state index in [0.29, 0.717) is 6.54 Å². The van der Waals surface area contributed by atoms with Crippen molar-refractivity contribution in [1.29, 1.82) is 0 Å². The number of urea groups is 1. The minimum atomic E-state index is -0.646. The van der Waals surface area contributed by atoms with E-state index in [2.05, 4.69) is 22.8 Å². The molecule has 0 radical (unpaired) electrons. The van der Waals surface area contributed by atoms with Gasteiger partial charge < -0.3 is 10.1 Å². The van der Waals surface area contributed by atoms with Gasteiger partial charge in [0.15, 0.2) is 6.61 Å². The molecule has 1 aliphatic carbocycles. The summed E-state index contributed by atoms with van der Waals surface area (Å²) in [4.78, 5) is 35.2. The molecule has 7 heteroatoms. The SMILES string of the molecule is CCNC(=O)NC(=O)COC(=O)CSc1ccc2c(c1)CCC2. The van der Waals surface area contributed by atoms with Crippen molar-refractivity contribution in [1.82, 2.24) is 10.6 Å². The van der Waals surface area contributed by atoms with Gasteiger partial charge >= 0.3 is 12.0 Å². The van der Waals surface area contributed by atoms with Crippen LogP contribution in [0.4, 0.5) is 4.79 Å². The van der Waals surface area contributed by atoms with E-state index >= 15 is 0 Å². The van der Waals surface area contributed by atoms with Crippen LogP contribution in [0.1, 0.15) is 24.5 Å². The fourth-order valence-electron chi connectivity index (χ4n) is 2.34. The molecule has 0 saturated carbocycles. The van der Waals surface area contributed by atoms with Crippen LogP contribution in [0.3, 0.4) is 0 Å². The van der Waals surface area contributed by atoms with Gasteiger partial charge in [-0.05, 0) is 49.4 Å². The summed E-state index contributed by atoms with van der Waals surface area (Å²) in [7, 11) is 0. The highest BCUT2D eigenvalue weighted by Crippen LogP contribution is 2.27. The lowest BCUT2D eigenvalue weighted by molar-refractivity contribution is -0.145. The largest absolute Gasteiger partial charge is 0.455 e. The standard InChI is InChI=1S/C16H20N2O4S/c1-2-17-16(21)18-14(19)9-22-15(20)10-23-13-7-6-11-4-3-5-12(11)8-13/h6-8H,2-5,9-10H2,1H3,(H2,17,18,19,21). The third-order valence-corrected chi connectivity index (χ3v) is 4.35. The first-order chi connectivity index (χ1) is 11.1. The molecular weight excluding hydrogens is 316 g/mol. The maximum atomic E-state index is 11.6. The number of carbonyl (C=O) groups is 3. The summed E-state index contributed by atoms with van der Waals surface area (Å²) < 4.78 is 4.85. The maximum absolute atomic E-state index is 11.6. The highest BCUT2D eigenvalue weighted by atomic mass is 32.2. The smallest absolute Gasteiger partial charge is 0.321 e. The molecule has 0 aromatic heterocycles. The third kappa shape index (κ3) is 5.59. The lowest BCUT2D eigenvalue weighted by Crippen LogP contribution is -2.41. The number of esters is 1. The number of benzene rings is 1.